The number of methoxy groups -OCH3 is 3. The van der Waals surface area contributed by atoms with E-state index >= 15 is 0 Å². The zero-order valence-corrected chi connectivity index (χ0v) is 18.2. The van der Waals surface area contributed by atoms with Gasteiger partial charge in [-0.05, 0) is 46.7 Å². The van der Waals surface area contributed by atoms with E-state index in [0.29, 0.717) is 28.6 Å². The zero-order valence-electron chi connectivity index (χ0n) is 17.4. The molecule has 3 aromatic rings. The van der Waals surface area contributed by atoms with Crippen LogP contribution in [-0.4, -0.2) is 39.7 Å². The van der Waals surface area contributed by atoms with Crippen LogP contribution in [0.2, 0.25) is 0 Å². The Balaban J connectivity index is 1.84. The fourth-order valence-electron chi connectivity index (χ4n) is 3.73. The van der Waals surface area contributed by atoms with E-state index in [0.717, 1.165) is 5.56 Å². The van der Waals surface area contributed by atoms with E-state index in [-0.39, 0.29) is 18.4 Å². The van der Waals surface area contributed by atoms with Gasteiger partial charge in [-0.15, -0.1) is 0 Å². The molecule has 7 nitrogen and oxygen atoms in total. The fourth-order valence-corrected chi connectivity index (χ4v) is 4.41. The number of amides is 2. The van der Waals surface area contributed by atoms with Crippen LogP contribution in [0.25, 0.3) is 0 Å². The van der Waals surface area contributed by atoms with E-state index in [9.17, 15) is 9.59 Å². The topological polar surface area (TPSA) is 68.3 Å². The summed E-state index contributed by atoms with van der Waals surface area (Å²) >= 11 is 1.47. The normalized spacial score (nSPS) is 16.4. The molecular weight excluding hydrogens is 416 g/mol. The molecule has 1 atom stereocenters. The molecule has 2 amide bonds. The Morgan fingerprint density at radius 2 is 1.65 bits per heavy atom. The van der Waals surface area contributed by atoms with Gasteiger partial charge in [0.2, 0.25) is 5.91 Å². The number of carbonyl (C=O) groups is 2. The van der Waals surface area contributed by atoms with Crippen LogP contribution in [0, 0.1) is 0 Å². The van der Waals surface area contributed by atoms with Gasteiger partial charge >= 0.3 is 0 Å². The van der Waals surface area contributed by atoms with Gasteiger partial charge < -0.3 is 14.2 Å². The second-order valence-electron chi connectivity index (χ2n) is 6.86. The van der Waals surface area contributed by atoms with E-state index < -0.39 is 6.04 Å². The smallest absolute Gasteiger partial charge is 0.255 e. The van der Waals surface area contributed by atoms with Gasteiger partial charge in [0.05, 0.1) is 32.7 Å². The second-order valence-corrected chi connectivity index (χ2v) is 7.64. The average molecular weight is 439 g/mol. The van der Waals surface area contributed by atoms with Crippen LogP contribution in [0.15, 0.2) is 59.3 Å². The lowest BCUT2D eigenvalue weighted by molar-refractivity contribution is -0.128. The first-order valence-corrected chi connectivity index (χ1v) is 10.5. The maximum Gasteiger partial charge on any atom is 0.255 e. The standard InChI is InChI=1S/C23H22N2O5S/c1-28-16-8-9-20(30-3)18(12-16)24-13-21(26)25(17-6-4-5-7-19(17)29-2)22(23(24)27)15-10-11-31-14-15/h4-12,14,22H,13H2,1-3H3/t22-/m0/s1. The van der Waals surface area contributed by atoms with Crippen LogP contribution in [0.4, 0.5) is 11.4 Å². The average Bonchev–Trinajstić information content (AvgIpc) is 3.34. The Labute approximate surface area is 184 Å². The molecule has 0 unspecified atom stereocenters. The Bertz CT molecular complexity index is 1100. The van der Waals surface area contributed by atoms with Crippen LogP contribution < -0.4 is 24.0 Å². The number of benzene rings is 2. The Kier molecular flexibility index (Phi) is 5.81. The minimum absolute atomic E-state index is 0.138. The Morgan fingerprint density at radius 1 is 0.903 bits per heavy atom. The summed E-state index contributed by atoms with van der Waals surface area (Å²) in [7, 11) is 4.62. The molecule has 0 radical (unpaired) electrons. The number of carbonyl (C=O) groups excluding carboxylic acids is 2. The van der Waals surface area contributed by atoms with Crippen molar-refractivity contribution in [1.82, 2.24) is 0 Å². The fraction of sp³-hybridized carbons (Fsp3) is 0.217. The van der Waals surface area contributed by atoms with Crippen LogP contribution in [-0.2, 0) is 9.59 Å². The molecule has 1 aliphatic rings. The SMILES string of the molecule is COc1ccc(OC)c(N2CC(=O)N(c3ccccc3OC)[C@@H](c3ccsc3)C2=O)c1. The van der Waals surface area contributed by atoms with Crippen molar-refractivity contribution < 1.29 is 23.8 Å². The number of thiophene rings is 1. The summed E-state index contributed by atoms with van der Waals surface area (Å²) in [5.74, 6) is 1.10. The van der Waals surface area contributed by atoms with Crippen molar-refractivity contribution in [2.24, 2.45) is 0 Å². The molecule has 0 saturated carbocycles. The number of ether oxygens (including phenoxy) is 3. The molecule has 2 heterocycles. The van der Waals surface area contributed by atoms with Gasteiger partial charge in [-0.3, -0.25) is 19.4 Å². The predicted molar refractivity (Wildman–Crippen MR) is 119 cm³/mol. The van der Waals surface area contributed by atoms with Crippen LogP contribution in [0.1, 0.15) is 11.6 Å². The van der Waals surface area contributed by atoms with Gasteiger partial charge in [0, 0.05) is 6.07 Å². The third kappa shape index (κ3) is 3.70. The molecule has 0 N–H and O–H groups in total. The van der Waals surface area contributed by atoms with Gasteiger partial charge in [-0.2, -0.15) is 11.3 Å². The summed E-state index contributed by atoms with van der Waals surface area (Å²) in [6.45, 7) is -0.138. The van der Waals surface area contributed by atoms with Gasteiger partial charge in [0.1, 0.15) is 29.8 Å². The molecule has 1 fully saturated rings. The lowest BCUT2D eigenvalue weighted by Gasteiger charge is -2.40. The minimum Gasteiger partial charge on any atom is -0.497 e. The van der Waals surface area contributed by atoms with Crippen LogP contribution in [0.5, 0.6) is 17.2 Å². The van der Waals surface area contributed by atoms with E-state index in [1.165, 1.54) is 28.2 Å². The lowest BCUT2D eigenvalue weighted by atomic mass is 10.0. The highest BCUT2D eigenvalue weighted by atomic mass is 32.1. The highest BCUT2D eigenvalue weighted by molar-refractivity contribution is 7.08. The van der Waals surface area contributed by atoms with Gasteiger partial charge in [-0.25, -0.2) is 0 Å². The molecule has 160 valence electrons. The molecule has 0 bridgehead atoms. The minimum atomic E-state index is -0.834. The first-order valence-electron chi connectivity index (χ1n) is 9.59. The van der Waals surface area contributed by atoms with Gasteiger partial charge in [0.15, 0.2) is 0 Å². The largest absolute Gasteiger partial charge is 0.497 e. The monoisotopic (exact) mass is 438 g/mol. The summed E-state index contributed by atoms with van der Waals surface area (Å²) in [4.78, 5) is 30.3. The maximum absolute atomic E-state index is 13.8. The number of rotatable bonds is 6. The van der Waals surface area contributed by atoms with Gasteiger partial charge in [-0.1, -0.05) is 12.1 Å². The van der Waals surface area contributed by atoms with Crippen molar-refractivity contribution >= 4 is 34.5 Å². The summed E-state index contributed by atoms with van der Waals surface area (Å²) < 4.78 is 16.3. The molecular formula is C23H22N2O5S. The van der Waals surface area contributed by atoms with Crippen LogP contribution in [0.3, 0.4) is 0 Å². The number of anilines is 2. The van der Waals surface area contributed by atoms with Crippen molar-refractivity contribution in [1.29, 1.82) is 0 Å². The third-order valence-corrected chi connectivity index (χ3v) is 5.90. The van der Waals surface area contributed by atoms with Crippen molar-refractivity contribution in [3.8, 4) is 17.2 Å². The first-order chi connectivity index (χ1) is 15.1. The van der Waals surface area contributed by atoms with E-state index in [4.69, 9.17) is 14.2 Å². The lowest BCUT2D eigenvalue weighted by Crippen LogP contribution is -2.56. The summed E-state index contributed by atoms with van der Waals surface area (Å²) in [5, 5.41) is 3.77. The van der Waals surface area contributed by atoms with Crippen molar-refractivity contribution in [3.05, 3.63) is 64.9 Å². The molecule has 1 saturated heterocycles. The van der Waals surface area contributed by atoms with E-state index in [1.54, 1.807) is 44.6 Å². The van der Waals surface area contributed by atoms with Crippen molar-refractivity contribution in [2.45, 2.75) is 6.04 Å². The molecule has 2 aromatic carbocycles. The number of para-hydroxylation sites is 2. The highest BCUT2D eigenvalue weighted by Gasteiger charge is 2.43. The summed E-state index contributed by atoms with van der Waals surface area (Å²) in [6.07, 6.45) is 0. The van der Waals surface area contributed by atoms with E-state index in [1.807, 2.05) is 29.0 Å². The Morgan fingerprint density at radius 3 is 2.32 bits per heavy atom. The van der Waals surface area contributed by atoms with Crippen molar-refractivity contribution in [2.75, 3.05) is 37.7 Å². The molecule has 1 aliphatic heterocycles. The Hall–Kier alpha value is -3.52. The van der Waals surface area contributed by atoms with Crippen molar-refractivity contribution in [3.63, 3.8) is 0 Å². The molecule has 8 heteroatoms. The molecule has 0 aliphatic carbocycles. The summed E-state index contributed by atoms with van der Waals surface area (Å²) in [5.41, 5.74) is 1.78. The van der Waals surface area contributed by atoms with Crippen LogP contribution >= 0.6 is 11.3 Å². The quantitative estimate of drug-likeness (QED) is 0.584. The third-order valence-electron chi connectivity index (χ3n) is 5.20. The molecule has 1 aromatic heterocycles. The predicted octanol–water partition coefficient (Wildman–Crippen LogP) is 3.90. The first kappa shape index (κ1) is 20.7. The highest BCUT2D eigenvalue weighted by Crippen LogP contribution is 2.41. The molecule has 0 spiro atoms. The van der Waals surface area contributed by atoms with Gasteiger partial charge in [0.25, 0.3) is 5.91 Å². The summed E-state index contributed by atoms with van der Waals surface area (Å²) in [6, 6.07) is 13.4. The number of piperazine rings is 1. The number of hydrogen-bond donors (Lipinski definition) is 0. The molecule has 31 heavy (non-hydrogen) atoms. The maximum atomic E-state index is 13.8. The van der Waals surface area contributed by atoms with E-state index in [2.05, 4.69) is 0 Å². The zero-order chi connectivity index (χ0) is 22.0. The molecule has 4 rings (SSSR count). The number of hydrogen-bond acceptors (Lipinski definition) is 6. The second kappa shape index (κ2) is 8.69. The number of nitrogens with zero attached hydrogens (tertiary/aromatic N) is 2.